The fraction of sp³-hybridized carbons (Fsp3) is 0.385. The Balaban J connectivity index is 2.12. The van der Waals surface area contributed by atoms with Crippen molar-refractivity contribution in [2.45, 2.75) is 6.42 Å². The fourth-order valence-corrected chi connectivity index (χ4v) is 1.98. The van der Waals surface area contributed by atoms with Crippen LogP contribution in [0.5, 0.6) is 5.75 Å². The second kappa shape index (κ2) is 4.87. The first kappa shape index (κ1) is 13.3. The zero-order chi connectivity index (χ0) is 14.2. The molecule has 0 bridgehead atoms. The molecule has 0 spiro atoms. The molecule has 0 saturated heterocycles. The maximum Gasteiger partial charge on any atom is 0.307 e. The zero-order valence-corrected chi connectivity index (χ0v) is 10.6. The van der Waals surface area contributed by atoms with E-state index in [1.807, 2.05) is 0 Å². The minimum atomic E-state index is -0.965. The first-order valence-corrected chi connectivity index (χ1v) is 5.79. The molecular formula is C13H14FNO4. The van der Waals surface area contributed by atoms with Crippen LogP contribution < -0.4 is 9.64 Å². The molecule has 1 N–H and O–H groups in total. The third-order valence-electron chi connectivity index (χ3n) is 3.28. The van der Waals surface area contributed by atoms with E-state index in [0.29, 0.717) is 12.1 Å². The highest BCUT2D eigenvalue weighted by atomic mass is 19.1. The molecule has 0 heterocycles. The first-order valence-electron chi connectivity index (χ1n) is 5.79. The van der Waals surface area contributed by atoms with Crippen molar-refractivity contribution >= 4 is 17.6 Å². The Morgan fingerprint density at radius 1 is 1.42 bits per heavy atom. The Labute approximate surface area is 109 Å². The van der Waals surface area contributed by atoms with Gasteiger partial charge < -0.3 is 14.7 Å². The maximum atomic E-state index is 13.5. The highest BCUT2D eigenvalue weighted by Crippen LogP contribution is 2.40. The van der Waals surface area contributed by atoms with E-state index < -0.39 is 23.6 Å². The molecule has 1 saturated carbocycles. The predicted octanol–water partition coefficient (Wildman–Crippen LogP) is 1.52. The molecule has 2 unspecified atom stereocenters. The van der Waals surface area contributed by atoms with Crippen LogP contribution in [0, 0.1) is 17.7 Å². The van der Waals surface area contributed by atoms with E-state index in [2.05, 4.69) is 0 Å². The first-order chi connectivity index (χ1) is 8.95. The Bertz CT molecular complexity index is 531. The number of nitrogens with zero attached hydrogens (tertiary/aromatic N) is 1. The van der Waals surface area contributed by atoms with E-state index in [0.717, 1.165) is 0 Å². The monoisotopic (exact) mass is 267 g/mol. The van der Waals surface area contributed by atoms with Crippen LogP contribution in [0.3, 0.4) is 0 Å². The number of methoxy groups -OCH3 is 1. The summed E-state index contributed by atoms with van der Waals surface area (Å²) in [6, 6.07) is 4.17. The lowest BCUT2D eigenvalue weighted by atomic mass is 10.2. The van der Waals surface area contributed by atoms with Crippen LogP contribution in [-0.2, 0) is 9.59 Å². The Morgan fingerprint density at radius 2 is 2.11 bits per heavy atom. The molecule has 0 aliphatic heterocycles. The van der Waals surface area contributed by atoms with Crippen molar-refractivity contribution in [3.05, 3.63) is 24.0 Å². The van der Waals surface area contributed by atoms with Crippen molar-refractivity contribution in [2.75, 3.05) is 19.1 Å². The van der Waals surface area contributed by atoms with Gasteiger partial charge in [0.15, 0.2) is 11.6 Å². The number of anilines is 1. The molecule has 2 atom stereocenters. The number of carboxylic acids is 1. The van der Waals surface area contributed by atoms with Gasteiger partial charge in [-0.05, 0) is 18.6 Å². The third kappa shape index (κ3) is 2.52. The number of amides is 1. The molecule has 0 radical (unpaired) electrons. The molecule has 1 aromatic carbocycles. The molecular weight excluding hydrogens is 253 g/mol. The summed E-state index contributed by atoms with van der Waals surface area (Å²) in [6.07, 6.45) is 0.344. The summed E-state index contributed by atoms with van der Waals surface area (Å²) >= 11 is 0. The van der Waals surface area contributed by atoms with Crippen LogP contribution >= 0.6 is 0 Å². The van der Waals surface area contributed by atoms with Gasteiger partial charge in [0.05, 0.1) is 18.9 Å². The Morgan fingerprint density at radius 3 is 2.58 bits per heavy atom. The van der Waals surface area contributed by atoms with Crippen molar-refractivity contribution in [1.82, 2.24) is 0 Å². The fourth-order valence-electron chi connectivity index (χ4n) is 1.98. The number of hydrogen-bond acceptors (Lipinski definition) is 3. The van der Waals surface area contributed by atoms with Crippen molar-refractivity contribution < 1.29 is 23.8 Å². The predicted molar refractivity (Wildman–Crippen MR) is 65.6 cm³/mol. The number of carboxylic acid groups (broad SMARTS) is 1. The Kier molecular flexibility index (Phi) is 3.42. The van der Waals surface area contributed by atoms with Gasteiger partial charge in [-0.3, -0.25) is 9.59 Å². The average molecular weight is 267 g/mol. The van der Waals surface area contributed by atoms with E-state index in [-0.39, 0.29) is 11.7 Å². The van der Waals surface area contributed by atoms with Crippen molar-refractivity contribution in [1.29, 1.82) is 0 Å². The molecule has 1 amide bonds. The number of rotatable bonds is 4. The summed E-state index contributed by atoms with van der Waals surface area (Å²) < 4.78 is 18.3. The molecule has 1 aromatic rings. The minimum Gasteiger partial charge on any atom is -0.494 e. The van der Waals surface area contributed by atoms with Gasteiger partial charge in [0.25, 0.3) is 0 Å². The van der Waals surface area contributed by atoms with Gasteiger partial charge in [0.2, 0.25) is 5.91 Å². The number of carbonyl (C=O) groups is 2. The molecule has 6 heteroatoms. The smallest absolute Gasteiger partial charge is 0.307 e. The number of ether oxygens (including phenoxy) is 1. The molecule has 19 heavy (non-hydrogen) atoms. The van der Waals surface area contributed by atoms with Crippen LogP contribution in [0.1, 0.15) is 6.42 Å². The van der Waals surface area contributed by atoms with Gasteiger partial charge in [-0.25, -0.2) is 4.39 Å². The van der Waals surface area contributed by atoms with Gasteiger partial charge in [-0.1, -0.05) is 0 Å². The standard InChI is InChI=1S/C13H14FNO4/c1-15(12(16)8-6-9(8)13(17)18)7-3-4-11(19-2)10(14)5-7/h3-5,8-9H,6H2,1-2H3,(H,17,18). The highest BCUT2D eigenvalue weighted by molar-refractivity contribution is 5.99. The van der Waals surface area contributed by atoms with Crippen molar-refractivity contribution in [3.8, 4) is 5.75 Å². The second-order valence-corrected chi connectivity index (χ2v) is 4.50. The molecule has 1 aliphatic carbocycles. The third-order valence-corrected chi connectivity index (χ3v) is 3.28. The number of carbonyl (C=O) groups excluding carboxylic acids is 1. The lowest BCUT2D eigenvalue weighted by Crippen LogP contribution is -2.29. The molecule has 2 rings (SSSR count). The summed E-state index contributed by atoms with van der Waals surface area (Å²) in [7, 11) is 2.86. The molecule has 1 aliphatic rings. The largest absolute Gasteiger partial charge is 0.494 e. The Hall–Kier alpha value is -2.11. The summed E-state index contributed by atoms with van der Waals surface area (Å²) in [5.41, 5.74) is 0.374. The topological polar surface area (TPSA) is 66.8 Å². The number of hydrogen-bond donors (Lipinski definition) is 1. The molecule has 0 aromatic heterocycles. The molecule has 102 valence electrons. The normalized spacial score (nSPS) is 20.8. The molecule has 5 nitrogen and oxygen atoms in total. The van der Waals surface area contributed by atoms with E-state index in [1.165, 1.54) is 31.2 Å². The van der Waals surface area contributed by atoms with Gasteiger partial charge in [-0.2, -0.15) is 0 Å². The quantitative estimate of drug-likeness (QED) is 0.898. The van der Waals surface area contributed by atoms with Crippen LogP contribution in [0.4, 0.5) is 10.1 Å². The van der Waals surface area contributed by atoms with Gasteiger partial charge >= 0.3 is 5.97 Å². The van der Waals surface area contributed by atoms with Gasteiger partial charge in [0.1, 0.15) is 0 Å². The van der Waals surface area contributed by atoms with Crippen molar-refractivity contribution in [2.24, 2.45) is 11.8 Å². The van der Waals surface area contributed by atoms with E-state index in [4.69, 9.17) is 9.84 Å². The van der Waals surface area contributed by atoms with E-state index in [1.54, 1.807) is 6.07 Å². The zero-order valence-electron chi connectivity index (χ0n) is 10.6. The number of aliphatic carboxylic acids is 1. The van der Waals surface area contributed by atoms with Crippen LogP contribution in [-0.4, -0.2) is 31.1 Å². The summed E-state index contributed by atoms with van der Waals surface area (Å²) in [4.78, 5) is 24.0. The summed E-state index contributed by atoms with van der Waals surface area (Å²) in [6.45, 7) is 0. The van der Waals surface area contributed by atoms with Crippen molar-refractivity contribution in [3.63, 3.8) is 0 Å². The summed E-state index contributed by atoms with van der Waals surface area (Å²) in [5.74, 6) is -2.86. The summed E-state index contributed by atoms with van der Waals surface area (Å²) in [5, 5.41) is 8.79. The van der Waals surface area contributed by atoms with Gasteiger partial charge in [-0.15, -0.1) is 0 Å². The molecule has 1 fully saturated rings. The van der Waals surface area contributed by atoms with E-state index in [9.17, 15) is 14.0 Å². The maximum absolute atomic E-state index is 13.5. The average Bonchev–Trinajstić information content (AvgIpc) is 3.17. The number of halogens is 1. The van der Waals surface area contributed by atoms with Crippen LogP contribution in [0.25, 0.3) is 0 Å². The minimum absolute atomic E-state index is 0.0967. The number of benzene rings is 1. The SMILES string of the molecule is COc1ccc(N(C)C(=O)C2CC2C(=O)O)cc1F. The lowest BCUT2D eigenvalue weighted by Gasteiger charge is -2.17. The van der Waals surface area contributed by atoms with Crippen LogP contribution in [0.15, 0.2) is 18.2 Å². The highest BCUT2D eigenvalue weighted by Gasteiger charge is 2.49. The second-order valence-electron chi connectivity index (χ2n) is 4.50. The lowest BCUT2D eigenvalue weighted by molar-refractivity contribution is -0.139. The van der Waals surface area contributed by atoms with Gasteiger partial charge in [0, 0.05) is 18.8 Å². The van der Waals surface area contributed by atoms with Crippen LogP contribution in [0.2, 0.25) is 0 Å². The van der Waals surface area contributed by atoms with E-state index >= 15 is 0 Å².